The zero-order valence-electron chi connectivity index (χ0n) is 6.11. The normalized spacial score (nSPS) is 13.7. The molecule has 0 bridgehead atoms. The maximum Gasteiger partial charge on any atom is 0.109 e. The van der Waals surface area contributed by atoms with Crippen LogP contribution in [0.1, 0.15) is 13.3 Å². The van der Waals surface area contributed by atoms with Crippen LogP contribution in [0.25, 0.3) is 0 Å². The molecule has 0 aromatic rings. The Morgan fingerprint density at radius 3 is 2.67 bits per heavy atom. The van der Waals surface area contributed by atoms with Crippen molar-refractivity contribution >= 4 is 0 Å². The molecule has 0 heterocycles. The number of ether oxygens (including phenoxy) is 1. The van der Waals surface area contributed by atoms with Gasteiger partial charge in [-0.1, -0.05) is 0 Å². The van der Waals surface area contributed by atoms with E-state index in [4.69, 9.17) is 10.5 Å². The molecule has 0 aliphatic heterocycles. The summed E-state index contributed by atoms with van der Waals surface area (Å²) in [6.07, 6.45) is 0.845. The van der Waals surface area contributed by atoms with Crippen LogP contribution in [0.4, 0.5) is 0 Å². The SMILES string of the molecule is CCOC(CC[NH])NC. The molecule has 0 aliphatic carbocycles. The summed E-state index contributed by atoms with van der Waals surface area (Å²) >= 11 is 0. The molecule has 2 N–H and O–H groups in total. The molecule has 1 unspecified atom stereocenters. The van der Waals surface area contributed by atoms with Crippen molar-refractivity contribution in [1.29, 1.82) is 0 Å². The first kappa shape index (κ1) is 8.88. The minimum Gasteiger partial charge on any atom is -0.364 e. The Bertz CT molecular complexity index is 53.0. The molecule has 0 fully saturated rings. The highest BCUT2D eigenvalue weighted by atomic mass is 16.5. The van der Waals surface area contributed by atoms with E-state index < -0.39 is 0 Å². The fraction of sp³-hybridized carbons (Fsp3) is 1.00. The van der Waals surface area contributed by atoms with E-state index in [0.29, 0.717) is 13.2 Å². The van der Waals surface area contributed by atoms with E-state index >= 15 is 0 Å². The molecule has 0 aromatic carbocycles. The van der Waals surface area contributed by atoms with Crippen LogP contribution in [0.15, 0.2) is 0 Å². The van der Waals surface area contributed by atoms with Gasteiger partial charge in [0.15, 0.2) is 0 Å². The van der Waals surface area contributed by atoms with Gasteiger partial charge in [-0.05, 0) is 14.0 Å². The molecule has 0 saturated carbocycles. The summed E-state index contributed by atoms with van der Waals surface area (Å²) in [5.41, 5.74) is 6.89. The summed E-state index contributed by atoms with van der Waals surface area (Å²) in [5.74, 6) is 0. The summed E-state index contributed by atoms with van der Waals surface area (Å²) in [6, 6.07) is 0. The van der Waals surface area contributed by atoms with Gasteiger partial charge < -0.3 is 4.74 Å². The van der Waals surface area contributed by atoms with Gasteiger partial charge in [0.25, 0.3) is 0 Å². The van der Waals surface area contributed by atoms with Gasteiger partial charge in [-0.2, -0.15) is 0 Å². The number of hydrogen-bond donors (Lipinski definition) is 1. The Morgan fingerprint density at radius 2 is 2.33 bits per heavy atom. The van der Waals surface area contributed by atoms with Gasteiger partial charge >= 0.3 is 0 Å². The monoisotopic (exact) mass is 131 g/mol. The lowest BCUT2D eigenvalue weighted by atomic mass is 10.4. The van der Waals surface area contributed by atoms with Crippen LogP contribution in [0.2, 0.25) is 0 Å². The van der Waals surface area contributed by atoms with Crippen molar-refractivity contribution < 1.29 is 4.74 Å². The predicted molar refractivity (Wildman–Crippen MR) is 37.1 cm³/mol. The second kappa shape index (κ2) is 6.01. The van der Waals surface area contributed by atoms with Gasteiger partial charge in [-0.25, -0.2) is 0 Å². The fourth-order valence-electron chi connectivity index (χ4n) is 0.643. The van der Waals surface area contributed by atoms with Crippen molar-refractivity contribution in [2.75, 3.05) is 20.2 Å². The Hall–Kier alpha value is -0.120. The molecule has 1 radical (unpaired) electrons. The Labute approximate surface area is 56.6 Å². The van der Waals surface area contributed by atoms with E-state index in [9.17, 15) is 0 Å². The Morgan fingerprint density at radius 1 is 1.67 bits per heavy atom. The Kier molecular flexibility index (Phi) is 5.93. The third-order valence-corrected chi connectivity index (χ3v) is 1.10. The van der Waals surface area contributed by atoms with Crippen molar-refractivity contribution in [3.8, 4) is 0 Å². The van der Waals surface area contributed by atoms with Crippen molar-refractivity contribution in [2.45, 2.75) is 19.6 Å². The largest absolute Gasteiger partial charge is 0.364 e. The van der Waals surface area contributed by atoms with E-state index in [1.807, 2.05) is 14.0 Å². The summed E-state index contributed by atoms with van der Waals surface area (Å²) in [5, 5.41) is 2.96. The molecular weight excluding hydrogens is 116 g/mol. The van der Waals surface area contributed by atoms with Gasteiger partial charge in [0.05, 0.1) is 0 Å². The van der Waals surface area contributed by atoms with Crippen LogP contribution in [0.5, 0.6) is 0 Å². The lowest BCUT2D eigenvalue weighted by Gasteiger charge is -2.13. The van der Waals surface area contributed by atoms with Crippen LogP contribution in [-0.2, 0) is 4.74 Å². The molecule has 55 valence electrons. The minimum absolute atomic E-state index is 0.0764. The van der Waals surface area contributed by atoms with Crippen LogP contribution >= 0.6 is 0 Å². The molecular formula is C6H15N2O. The quantitative estimate of drug-likeness (QED) is 0.543. The first-order chi connectivity index (χ1) is 4.35. The lowest BCUT2D eigenvalue weighted by molar-refractivity contribution is 0.0395. The molecule has 0 saturated heterocycles. The topological polar surface area (TPSA) is 45.1 Å². The van der Waals surface area contributed by atoms with Crippen LogP contribution < -0.4 is 11.1 Å². The van der Waals surface area contributed by atoms with Crippen molar-refractivity contribution in [3.05, 3.63) is 0 Å². The molecule has 1 atom stereocenters. The van der Waals surface area contributed by atoms with E-state index in [-0.39, 0.29) is 6.23 Å². The maximum atomic E-state index is 6.89. The molecule has 0 spiro atoms. The molecule has 3 heteroatoms. The average molecular weight is 131 g/mol. The second-order valence-corrected chi connectivity index (χ2v) is 1.77. The first-order valence-corrected chi connectivity index (χ1v) is 3.28. The molecule has 3 nitrogen and oxygen atoms in total. The van der Waals surface area contributed by atoms with Crippen molar-refractivity contribution in [3.63, 3.8) is 0 Å². The molecule has 9 heavy (non-hydrogen) atoms. The number of nitrogens with one attached hydrogen (secondary N) is 2. The van der Waals surface area contributed by atoms with Crippen molar-refractivity contribution in [2.24, 2.45) is 0 Å². The van der Waals surface area contributed by atoms with Crippen molar-refractivity contribution in [1.82, 2.24) is 11.1 Å². The van der Waals surface area contributed by atoms with E-state index in [1.54, 1.807) is 0 Å². The number of hydrogen-bond acceptors (Lipinski definition) is 2. The van der Waals surface area contributed by atoms with Crippen LogP contribution in [0, 0.1) is 0 Å². The van der Waals surface area contributed by atoms with Crippen LogP contribution in [0.3, 0.4) is 0 Å². The predicted octanol–water partition coefficient (Wildman–Crippen LogP) is 0.241. The summed E-state index contributed by atoms with van der Waals surface area (Å²) in [7, 11) is 1.84. The highest BCUT2D eigenvalue weighted by Crippen LogP contribution is 1.90. The molecule has 0 aromatic heterocycles. The molecule has 0 aliphatic rings. The first-order valence-electron chi connectivity index (χ1n) is 3.28. The average Bonchev–Trinajstić information content (AvgIpc) is 1.88. The summed E-state index contributed by atoms with van der Waals surface area (Å²) in [4.78, 5) is 0. The summed E-state index contributed by atoms with van der Waals surface area (Å²) in [6.45, 7) is 3.09. The van der Waals surface area contributed by atoms with Gasteiger partial charge in [0.1, 0.15) is 6.23 Å². The minimum atomic E-state index is 0.0764. The zero-order valence-corrected chi connectivity index (χ0v) is 6.11. The van der Waals surface area contributed by atoms with E-state index in [0.717, 1.165) is 6.42 Å². The lowest BCUT2D eigenvalue weighted by Crippen LogP contribution is -2.29. The van der Waals surface area contributed by atoms with E-state index in [2.05, 4.69) is 5.32 Å². The van der Waals surface area contributed by atoms with Gasteiger partial charge in [-0.3, -0.25) is 11.1 Å². The zero-order chi connectivity index (χ0) is 7.11. The smallest absolute Gasteiger partial charge is 0.109 e. The highest BCUT2D eigenvalue weighted by Gasteiger charge is 2.00. The maximum absolute atomic E-state index is 6.89. The molecule has 0 amide bonds. The standard InChI is InChI=1S/C6H15N2O/c1-3-9-6(8-2)4-5-7/h6-8H,3-5H2,1-2H3. The van der Waals surface area contributed by atoms with Gasteiger partial charge in [0, 0.05) is 19.6 Å². The third-order valence-electron chi connectivity index (χ3n) is 1.10. The highest BCUT2D eigenvalue weighted by molar-refractivity contribution is 4.50. The van der Waals surface area contributed by atoms with Gasteiger partial charge in [0.2, 0.25) is 0 Å². The Balaban J connectivity index is 3.18. The summed E-state index contributed by atoms with van der Waals surface area (Å²) < 4.78 is 5.20. The van der Waals surface area contributed by atoms with E-state index in [1.165, 1.54) is 0 Å². The third kappa shape index (κ3) is 4.39. The second-order valence-electron chi connectivity index (χ2n) is 1.77. The van der Waals surface area contributed by atoms with Crippen LogP contribution in [-0.4, -0.2) is 26.4 Å². The molecule has 0 rings (SSSR count). The fourth-order valence-corrected chi connectivity index (χ4v) is 0.643. The van der Waals surface area contributed by atoms with Gasteiger partial charge in [-0.15, -0.1) is 0 Å². The number of rotatable bonds is 5.